The molecule has 2 N–H and O–H groups in total. The molecule has 0 aliphatic heterocycles. The molecule has 0 aliphatic rings. The van der Waals surface area contributed by atoms with E-state index < -0.39 is 23.7 Å². The Morgan fingerprint density at radius 3 is 2.62 bits per heavy atom. The molecule has 0 saturated heterocycles. The fraction of sp³-hybridized carbons (Fsp3) is 0.143. The van der Waals surface area contributed by atoms with E-state index in [0.29, 0.717) is 4.88 Å². The topological polar surface area (TPSA) is 66.4 Å². The second-order valence-corrected chi connectivity index (χ2v) is 5.97. The van der Waals surface area contributed by atoms with Crippen LogP contribution in [0.1, 0.15) is 24.9 Å². The number of thiophene rings is 1. The van der Waals surface area contributed by atoms with Gasteiger partial charge < -0.3 is 10.4 Å². The Labute approximate surface area is 129 Å². The zero-order chi connectivity index (χ0) is 15.6. The summed E-state index contributed by atoms with van der Waals surface area (Å²) in [5.74, 6) is -2.15. The predicted molar refractivity (Wildman–Crippen MR) is 78.3 cm³/mol. The SMILES string of the molecule is Cc1ccc(C(=O)NC(O)C(=O)c2ccc(Cl)c(F)c2)s1. The van der Waals surface area contributed by atoms with E-state index in [-0.39, 0.29) is 10.6 Å². The van der Waals surface area contributed by atoms with Gasteiger partial charge in [-0.25, -0.2) is 4.39 Å². The highest BCUT2D eigenvalue weighted by molar-refractivity contribution is 7.13. The average molecular weight is 328 g/mol. The summed E-state index contributed by atoms with van der Waals surface area (Å²) in [6.07, 6.45) is -1.75. The number of nitrogens with one attached hydrogen (secondary N) is 1. The van der Waals surface area contributed by atoms with Crippen molar-refractivity contribution in [2.75, 3.05) is 0 Å². The number of rotatable bonds is 4. The van der Waals surface area contributed by atoms with Crippen LogP contribution in [0.2, 0.25) is 5.02 Å². The van der Waals surface area contributed by atoms with E-state index in [1.807, 2.05) is 6.92 Å². The minimum absolute atomic E-state index is 0.0768. The predicted octanol–water partition coefficient (Wildman–Crippen LogP) is 2.78. The molecule has 1 atom stereocenters. The van der Waals surface area contributed by atoms with Gasteiger partial charge in [0.15, 0.2) is 6.23 Å². The molecule has 1 aromatic heterocycles. The maximum atomic E-state index is 13.3. The first-order valence-electron chi connectivity index (χ1n) is 5.93. The largest absolute Gasteiger partial charge is 0.367 e. The molecule has 2 aromatic rings. The zero-order valence-corrected chi connectivity index (χ0v) is 12.5. The van der Waals surface area contributed by atoms with Crippen molar-refractivity contribution in [3.05, 3.63) is 56.5 Å². The molecule has 0 fully saturated rings. The monoisotopic (exact) mass is 327 g/mol. The van der Waals surface area contributed by atoms with Gasteiger partial charge in [-0.2, -0.15) is 0 Å². The van der Waals surface area contributed by atoms with E-state index in [9.17, 15) is 19.1 Å². The molecular weight excluding hydrogens is 317 g/mol. The summed E-state index contributed by atoms with van der Waals surface area (Å²) >= 11 is 6.75. The zero-order valence-electron chi connectivity index (χ0n) is 10.9. The third kappa shape index (κ3) is 3.66. The van der Waals surface area contributed by atoms with Crippen molar-refractivity contribution < 1.29 is 19.1 Å². The Balaban J connectivity index is 2.08. The number of aliphatic hydroxyl groups is 1. The smallest absolute Gasteiger partial charge is 0.263 e. The van der Waals surface area contributed by atoms with Crippen molar-refractivity contribution in [3.63, 3.8) is 0 Å². The molecule has 2 rings (SSSR count). The standard InChI is InChI=1S/C14H11ClFNO3S/c1-7-2-5-11(21-7)13(19)17-14(20)12(18)8-3-4-9(15)10(16)6-8/h2-6,14,20H,1H3,(H,17,19). The number of aliphatic hydroxyl groups excluding tert-OH is 1. The highest BCUT2D eigenvalue weighted by Crippen LogP contribution is 2.17. The maximum absolute atomic E-state index is 13.3. The second-order valence-electron chi connectivity index (χ2n) is 4.28. The van der Waals surface area contributed by atoms with Gasteiger partial charge in [-0.05, 0) is 37.3 Å². The number of halogens is 2. The van der Waals surface area contributed by atoms with Crippen LogP contribution in [0.15, 0.2) is 30.3 Å². The summed E-state index contributed by atoms with van der Waals surface area (Å²) in [5, 5.41) is 11.8. The van der Waals surface area contributed by atoms with Crippen LogP contribution in [0.25, 0.3) is 0 Å². The van der Waals surface area contributed by atoms with Crippen molar-refractivity contribution in [2.45, 2.75) is 13.2 Å². The number of Topliss-reactive ketones (excluding diaryl/α,β-unsaturated/α-hetero) is 1. The fourth-order valence-electron chi connectivity index (χ4n) is 1.62. The number of carbonyl (C=O) groups excluding carboxylic acids is 2. The van der Waals surface area contributed by atoms with E-state index in [0.717, 1.165) is 10.9 Å². The van der Waals surface area contributed by atoms with Crippen LogP contribution in [0.3, 0.4) is 0 Å². The Morgan fingerprint density at radius 2 is 2.05 bits per heavy atom. The highest BCUT2D eigenvalue weighted by atomic mass is 35.5. The highest BCUT2D eigenvalue weighted by Gasteiger charge is 2.21. The van der Waals surface area contributed by atoms with Crippen molar-refractivity contribution in [1.82, 2.24) is 5.32 Å². The molecule has 4 nitrogen and oxygen atoms in total. The molecule has 0 aliphatic carbocycles. The lowest BCUT2D eigenvalue weighted by Crippen LogP contribution is -2.40. The summed E-state index contributed by atoms with van der Waals surface area (Å²) in [6, 6.07) is 6.74. The van der Waals surface area contributed by atoms with Gasteiger partial charge in [0, 0.05) is 10.4 Å². The van der Waals surface area contributed by atoms with Crippen LogP contribution < -0.4 is 5.32 Å². The van der Waals surface area contributed by atoms with Crippen LogP contribution in [0, 0.1) is 12.7 Å². The summed E-state index contributed by atoms with van der Waals surface area (Å²) in [7, 11) is 0. The van der Waals surface area contributed by atoms with Crippen molar-refractivity contribution in [1.29, 1.82) is 0 Å². The molecule has 1 heterocycles. The van der Waals surface area contributed by atoms with Gasteiger partial charge in [-0.15, -0.1) is 11.3 Å². The van der Waals surface area contributed by atoms with E-state index in [1.165, 1.54) is 23.5 Å². The summed E-state index contributed by atoms with van der Waals surface area (Å²) in [5.41, 5.74) is -0.0768. The second kappa shape index (κ2) is 6.34. The number of ketones is 1. The Bertz CT molecular complexity index is 701. The van der Waals surface area contributed by atoms with Crippen molar-refractivity contribution in [3.8, 4) is 0 Å². The van der Waals surface area contributed by atoms with Crippen LogP contribution in [0.4, 0.5) is 4.39 Å². The van der Waals surface area contributed by atoms with Crippen LogP contribution in [-0.4, -0.2) is 23.0 Å². The Morgan fingerprint density at radius 1 is 1.33 bits per heavy atom. The molecule has 1 aromatic carbocycles. The van der Waals surface area contributed by atoms with Gasteiger partial charge in [0.1, 0.15) is 5.82 Å². The number of amides is 1. The molecule has 1 amide bonds. The first kappa shape index (κ1) is 15.6. The third-order valence-electron chi connectivity index (χ3n) is 2.68. The number of hydrogen-bond acceptors (Lipinski definition) is 4. The molecule has 7 heteroatoms. The van der Waals surface area contributed by atoms with E-state index in [2.05, 4.69) is 5.32 Å². The van der Waals surface area contributed by atoms with Crippen LogP contribution in [-0.2, 0) is 0 Å². The van der Waals surface area contributed by atoms with Gasteiger partial charge in [0.05, 0.1) is 9.90 Å². The lowest BCUT2D eigenvalue weighted by atomic mass is 10.1. The Kier molecular flexibility index (Phi) is 4.72. The average Bonchev–Trinajstić information content (AvgIpc) is 2.87. The lowest BCUT2D eigenvalue weighted by molar-refractivity contribution is 0.0608. The van der Waals surface area contributed by atoms with Gasteiger partial charge in [0.2, 0.25) is 5.78 Å². The van der Waals surface area contributed by atoms with E-state index in [1.54, 1.807) is 12.1 Å². The van der Waals surface area contributed by atoms with Gasteiger partial charge in [-0.1, -0.05) is 11.6 Å². The minimum Gasteiger partial charge on any atom is -0.367 e. The number of benzene rings is 1. The van der Waals surface area contributed by atoms with E-state index >= 15 is 0 Å². The number of carbonyl (C=O) groups is 2. The van der Waals surface area contributed by atoms with Gasteiger partial charge in [0.25, 0.3) is 5.91 Å². The first-order chi connectivity index (χ1) is 9.88. The molecule has 0 radical (unpaired) electrons. The molecule has 0 saturated carbocycles. The lowest BCUT2D eigenvalue weighted by Gasteiger charge is -2.11. The molecule has 21 heavy (non-hydrogen) atoms. The van der Waals surface area contributed by atoms with Crippen molar-refractivity contribution >= 4 is 34.6 Å². The molecule has 1 unspecified atom stereocenters. The summed E-state index contributed by atoms with van der Waals surface area (Å²) < 4.78 is 13.3. The fourth-order valence-corrected chi connectivity index (χ4v) is 2.51. The van der Waals surface area contributed by atoms with E-state index in [4.69, 9.17) is 11.6 Å². The van der Waals surface area contributed by atoms with Gasteiger partial charge in [-0.3, -0.25) is 9.59 Å². The summed E-state index contributed by atoms with van der Waals surface area (Å²) in [4.78, 5) is 25.0. The molecule has 0 spiro atoms. The third-order valence-corrected chi connectivity index (χ3v) is 3.99. The molecule has 0 bridgehead atoms. The number of hydrogen-bond donors (Lipinski definition) is 2. The van der Waals surface area contributed by atoms with Crippen LogP contribution >= 0.6 is 22.9 Å². The van der Waals surface area contributed by atoms with Crippen LogP contribution in [0.5, 0.6) is 0 Å². The Hall–Kier alpha value is -1.76. The maximum Gasteiger partial charge on any atom is 0.263 e. The van der Waals surface area contributed by atoms with Gasteiger partial charge >= 0.3 is 0 Å². The molecular formula is C14H11ClFNO3S. The normalized spacial score (nSPS) is 12.0. The number of aryl methyl sites for hydroxylation is 1. The van der Waals surface area contributed by atoms with Crippen molar-refractivity contribution in [2.24, 2.45) is 0 Å². The minimum atomic E-state index is -1.75. The quantitative estimate of drug-likeness (QED) is 0.670. The molecule has 110 valence electrons. The first-order valence-corrected chi connectivity index (χ1v) is 7.12. The summed E-state index contributed by atoms with van der Waals surface area (Å²) in [6.45, 7) is 1.83.